The van der Waals surface area contributed by atoms with Gasteiger partial charge in [0, 0.05) is 19.3 Å². The van der Waals surface area contributed by atoms with Crippen LogP contribution in [0.4, 0.5) is 0 Å². The summed E-state index contributed by atoms with van der Waals surface area (Å²) in [5, 5.41) is 31.6. The zero-order valence-electron chi connectivity index (χ0n) is 51.8. The molecule has 6 atom stereocenters. The molecule has 12 nitrogen and oxygen atoms in total. The largest absolute Gasteiger partial charge is 0.479 e. The predicted octanol–water partition coefficient (Wildman–Crippen LogP) is 17.9. The standard InChI is InChI=1S/C69H120O12/c1-4-7-10-13-16-19-22-25-28-30-31-33-35-37-40-43-46-49-52-55-61(70)77-58-60(79-62(71)56-53-50-47-44-41-38-34-27-24-21-18-15-12-9-6-3)59-78-69-67(65(74)64(73)66(81-69)68(75)76)80-63(72)57-54-51-48-45-42-39-36-32-29-26-23-20-17-14-11-8-5-2/h7,10,16,19,25-26,28-29,31,33,60,64-67,69,73-74H,4-6,8-9,11-15,17-18,20-24,27,30,32,34-59H2,1-3H3,(H,75,76)/b10-7-,19-16-,28-25-,29-26-,33-31-. The molecule has 1 rings (SSSR count). The van der Waals surface area contributed by atoms with Crippen LogP contribution in [0, 0.1) is 0 Å². The minimum absolute atomic E-state index is 0.0555. The second-order valence-corrected chi connectivity index (χ2v) is 22.7. The van der Waals surface area contributed by atoms with E-state index in [0.29, 0.717) is 19.3 Å². The van der Waals surface area contributed by atoms with Crippen molar-refractivity contribution in [1.82, 2.24) is 0 Å². The summed E-state index contributed by atoms with van der Waals surface area (Å²) < 4.78 is 28.6. The Morgan fingerprint density at radius 1 is 0.420 bits per heavy atom. The Balaban J connectivity index is 2.65. The smallest absolute Gasteiger partial charge is 0.335 e. The third-order valence-electron chi connectivity index (χ3n) is 15.1. The van der Waals surface area contributed by atoms with Gasteiger partial charge < -0.3 is 39.0 Å². The molecule has 81 heavy (non-hydrogen) atoms. The number of carbonyl (C=O) groups is 4. The second kappa shape index (κ2) is 56.9. The van der Waals surface area contributed by atoms with Crippen LogP contribution in [0.2, 0.25) is 0 Å². The zero-order valence-corrected chi connectivity index (χ0v) is 51.8. The van der Waals surface area contributed by atoms with E-state index in [1.54, 1.807) is 0 Å². The summed E-state index contributed by atoms with van der Waals surface area (Å²) >= 11 is 0. The molecule has 0 saturated carbocycles. The van der Waals surface area contributed by atoms with Crippen molar-refractivity contribution in [2.24, 2.45) is 0 Å². The summed E-state index contributed by atoms with van der Waals surface area (Å²) in [6, 6.07) is 0. The van der Waals surface area contributed by atoms with Gasteiger partial charge in [-0.3, -0.25) is 14.4 Å². The van der Waals surface area contributed by atoms with E-state index in [9.17, 15) is 34.5 Å². The molecule has 0 aromatic carbocycles. The van der Waals surface area contributed by atoms with Gasteiger partial charge in [-0.2, -0.15) is 0 Å². The Kier molecular flexibility index (Phi) is 53.0. The molecule has 6 unspecified atom stereocenters. The summed E-state index contributed by atoms with van der Waals surface area (Å²) in [6.45, 7) is 5.91. The third-order valence-corrected chi connectivity index (χ3v) is 15.1. The normalized spacial score (nSPS) is 18.1. The maximum absolute atomic E-state index is 13.2. The predicted molar refractivity (Wildman–Crippen MR) is 331 cm³/mol. The minimum Gasteiger partial charge on any atom is -0.479 e. The van der Waals surface area contributed by atoms with Crippen molar-refractivity contribution >= 4 is 23.9 Å². The molecule has 1 aliphatic rings. The molecule has 0 aromatic rings. The quantitative estimate of drug-likeness (QED) is 0.0228. The fourth-order valence-corrected chi connectivity index (χ4v) is 10.0. The SMILES string of the molecule is CC/C=C\C/C=C\C/C=C\C/C=C\CCCCCCCCC(=O)OCC(COC1OC(C(=O)O)C(O)C(O)C1OC(=O)CCCCCCCCC/C=C\CCCCCCCC)OC(=O)CCCCCCCCCCCCCCCCC. The highest BCUT2D eigenvalue weighted by Crippen LogP contribution is 2.27. The van der Waals surface area contributed by atoms with E-state index in [1.807, 2.05) is 0 Å². The Morgan fingerprint density at radius 2 is 0.778 bits per heavy atom. The summed E-state index contributed by atoms with van der Waals surface area (Å²) in [7, 11) is 0. The first-order valence-electron chi connectivity index (χ1n) is 33.3. The number of carboxylic acids is 1. The maximum atomic E-state index is 13.2. The van der Waals surface area contributed by atoms with Crippen molar-refractivity contribution < 1.29 is 58.2 Å². The molecule has 3 N–H and O–H groups in total. The Labute approximate surface area is 494 Å². The van der Waals surface area contributed by atoms with Crippen molar-refractivity contribution in [3.63, 3.8) is 0 Å². The van der Waals surface area contributed by atoms with Gasteiger partial charge in [0.1, 0.15) is 18.8 Å². The van der Waals surface area contributed by atoms with Gasteiger partial charge >= 0.3 is 23.9 Å². The number of ether oxygens (including phenoxy) is 5. The van der Waals surface area contributed by atoms with E-state index in [2.05, 4.69) is 81.5 Å². The van der Waals surface area contributed by atoms with Crippen LogP contribution >= 0.6 is 0 Å². The summed E-state index contributed by atoms with van der Waals surface area (Å²) in [5.74, 6) is -3.12. The highest BCUT2D eigenvalue weighted by atomic mass is 16.7. The van der Waals surface area contributed by atoms with E-state index in [4.69, 9.17) is 23.7 Å². The zero-order chi connectivity index (χ0) is 58.9. The van der Waals surface area contributed by atoms with E-state index in [1.165, 1.54) is 128 Å². The van der Waals surface area contributed by atoms with E-state index in [-0.39, 0.29) is 25.9 Å². The van der Waals surface area contributed by atoms with E-state index < -0.39 is 67.3 Å². The number of carbonyl (C=O) groups excluding carboxylic acids is 3. The van der Waals surface area contributed by atoms with Crippen LogP contribution in [0.15, 0.2) is 60.8 Å². The first-order valence-corrected chi connectivity index (χ1v) is 33.3. The Bertz CT molecular complexity index is 1640. The van der Waals surface area contributed by atoms with Crippen LogP contribution in [-0.2, 0) is 42.9 Å². The topological polar surface area (TPSA) is 175 Å². The molecule has 0 aromatic heterocycles. The van der Waals surface area contributed by atoms with E-state index >= 15 is 0 Å². The molecule has 0 aliphatic carbocycles. The van der Waals surface area contributed by atoms with Crippen LogP contribution < -0.4 is 0 Å². The Hall–Kier alpha value is -3.58. The minimum atomic E-state index is -1.91. The summed E-state index contributed by atoms with van der Waals surface area (Å²) in [4.78, 5) is 51.4. The highest BCUT2D eigenvalue weighted by molar-refractivity contribution is 5.74. The molecule has 0 bridgehead atoms. The van der Waals surface area contributed by atoms with Gasteiger partial charge in [0.25, 0.3) is 0 Å². The molecule has 468 valence electrons. The average molecular weight is 1140 g/mol. The fourth-order valence-electron chi connectivity index (χ4n) is 10.0. The Morgan fingerprint density at radius 3 is 1.20 bits per heavy atom. The lowest BCUT2D eigenvalue weighted by Gasteiger charge is -2.40. The number of unbranched alkanes of at least 4 members (excludes halogenated alkanes) is 33. The van der Waals surface area contributed by atoms with Crippen molar-refractivity contribution in [2.45, 2.75) is 340 Å². The first kappa shape index (κ1) is 75.4. The van der Waals surface area contributed by atoms with Gasteiger partial charge in [0.05, 0.1) is 6.61 Å². The number of rotatable bonds is 57. The molecule has 1 heterocycles. The maximum Gasteiger partial charge on any atom is 0.335 e. The average Bonchev–Trinajstić information content (AvgIpc) is 3.53. The molecule has 0 spiro atoms. The number of esters is 3. The lowest BCUT2D eigenvalue weighted by molar-refractivity contribution is -0.301. The summed E-state index contributed by atoms with van der Waals surface area (Å²) in [5.41, 5.74) is 0. The third kappa shape index (κ3) is 46.5. The first-order chi connectivity index (χ1) is 39.6. The van der Waals surface area contributed by atoms with Gasteiger partial charge in [-0.05, 0) is 83.5 Å². The number of aliphatic hydroxyl groups excluding tert-OH is 2. The van der Waals surface area contributed by atoms with Gasteiger partial charge in [-0.1, -0.05) is 261 Å². The van der Waals surface area contributed by atoms with Crippen molar-refractivity contribution in [3.8, 4) is 0 Å². The highest BCUT2D eigenvalue weighted by Gasteiger charge is 2.50. The van der Waals surface area contributed by atoms with Crippen LogP contribution in [0.5, 0.6) is 0 Å². The van der Waals surface area contributed by atoms with Gasteiger partial charge in [0.2, 0.25) is 0 Å². The van der Waals surface area contributed by atoms with Gasteiger partial charge in [-0.15, -0.1) is 0 Å². The molecular formula is C69H120O12. The van der Waals surface area contributed by atoms with Crippen molar-refractivity contribution in [2.75, 3.05) is 13.2 Å². The van der Waals surface area contributed by atoms with E-state index in [0.717, 1.165) is 116 Å². The number of hydrogen-bond acceptors (Lipinski definition) is 11. The monoisotopic (exact) mass is 1140 g/mol. The molecule has 1 saturated heterocycles. The molecule has 0 radical (unpaired) electrons. The van der Waals surface area contributed by atoms with Crippen LogP contribution in [0.25, 0.3) is 0 Å². The molecule has 1 fully saturated rings. The summed E-state index contributed by atoms with van der Waals surface area (Å²) in [6.07, 6.45) is 58.8. The molecule has 1 aliphatic heterocycles. The second-order valence-electron chi connectivity index (χ2n) is 22.7. The number of aliphatic carboxylic acids is 1. The van der Waals surface area contributed by atoms with Gasteiger partial charge in [-0.25, -0.2) is 4.79 Å². The van der Waals surface area contributed by atoms with Crippen LogP contribution in [-0.4, -0.2) is 89.2 Å². The number of hydrogen-bond donors (Lipinski definition) is 3. The number of allylic oxidation sites excluding steroid dienone is 10. The number of aliphatic hydroxyl groups is 2. The molecule has 0 amide bonds. The molecule has 12 heteroatoms. The lowest BCUT2D eigenvalue weighted by atomic mass is 9.98. The fraction of sp³-hybridized carbons (Fsp3) is 0.797. The number of carboxylic acid groups (broad SMARTS) is 1. The lowest BCUT2D eigenvalue weighted by Crippen LogP contribution is -2.61. The van der Waals surface area contributed by atoms with Crippen molar-refractivity contribution in [1.29, 1.82) is 0 Å². The van der Waals surface area contributed by atoms with Crippen LogP contribution in [0.1, 0.15) is 303 Å². The van der Waals surface area contributed by atoms with Gasteiger partial charge in [0.15, 0.2) is 24.6 Å². The van der Waals surface area contributed by atoms with Crippen molar-refractivity contribution in [3.05, 3.63) is 60.8 Å². The van der Waals surface area contributed by atoms with Crippen LogP contribution in [0.3, 0.4) is 0 Å². The molecular weight excluding hydrogens is 1020 g/mol.